The summed E-state index contributed by atoms with van der Waals surface area (Å²) in [4.78, 5) is 26.9. The molecule has 6 nitrogen and oxygen atoms in total. The Hall–Kier alpha value is -3.09. The van der Waals surface area contributed by atoms with Crippen molar-refractivity contribution in [3.8, 4) is 5.75 Å². The van der Waals surface area contributed by atoms with E-state index in [4.69, 9.17) is 16.3 Å². The molecule has 31 heavy (non-hydrogen) atoms. The van der Waals surface area contributed by atoms with Crippen LogP contribution in [-0.2, 0) is 10.3 Å². The van der Waals surface area contributed by atoms with Crippen molar-refractivity contribution in [2.75, 3.05) is 13.2 Å². The number of carbonyl (C=O) groups is 2. The molecule has 0 aromatic heterocycles. The molecule has 3 aromatic rings. The molecule has 3 aromatic carbocycles. The number of halogens is 1. The summed E-state index contributed by atoms with van der Waals surface area (Å²) in [5.74, 6) is 0.225. The van der Waals surface area contributed by atoms with Gasteiger partial charge >= 0.3 is 6.03 Å². The molecule has 0 aliphatic carbocycles. The van der Waals surface area contributed by atoms with E-state index in [1.54, 1.807) is 24.3 Å². The van der Waals surface area contributed by atoms with E-state index in [-0.39, 0.29) is 13.2 Å². The lowest BCUT2D eigenvalue weighted by molar-refractivity contribution is -0.132. The second-order valence-corrected chi connectivity index (χ2v) is 7.99. The number of ether oxygens (including phenoxy) is 1. The number of benzene rings is 3. The van der Waals surface area contributed by atoms with Gasteiger partial charge in [-0.05, 0) is 35.6 Å². The first-order chi connectivity index (χ1) is 14.9. The third kappa shape index (κ3) is 3.96. The van der Waals surface area contributed by atoms with Crippen molar-refractivity contribution < 1.29 is 19.4 Å². The standard InChI is InChI=1S/C24H23ClN2O4/c1-2-24(17-9-6-10-18(25)13-17)22(29)27(23(30)26-24)14-19(28)15-31-21-12-5-8-16-7-3-4-11-20(16)21/h3-13,19,28H,2,14-15H2,1H3,(H,26,30)/t19-,24-/m1/s1. The highest BCUT2D eigenvalue weighted by Crippen LogP contribution is 2.34. The van der Waals surface area contributed by atoms with Gasteiger partial charge in [0.15, 0.2) is 0 Å². The first-order valence-corrected chi connectivity index (χ1v) is 10.5. The summed E-state index contributed by atoms with van der Waals surface area (Å²) in [6.45, 7) is 1.60. The summed E-state index contributed by atoms with van der Waals surface area (Å²) in [7, 11) is 0. The number of nitrogens with one attached hydrogen (secondary N) is 1. The van der Waals surface area contributed by atoms with Gasteiger partial charge in [-0.1, -0.05) is 67.1 Å². The fourth-order valence-corrected chi connectivity index (χ4v) is 4.15. The maximum atomic E-state index is 13.2. The third-order valence-corrected chi connectivity index (χ3v) is 5.83. The van der Waals surface area contributed by atoms with Crippen molar-refractivity contribution in [1.82, 2.24) is 10.2 Å². The monoisotopic (exact) mass is 438 g/mol. The van der Waals surface area contributed by atoms with E-state index >= 15 is 0 Å². The summed E-state index contributed by atoms with van der Waals surface area (Å²) in [6.07, 6.45) is -0.683. The normalized spacial score (nSPS) is 19.5. The third-order valence-electron chi connectivity index (χ3n) is 5.60. The van der Waals surface area contributed by atoms with Gasteiger partial charge in [-0.25, -0.2) is 4.79 Å². The first kappa shape index (κ1) is 21.2. The number of fused-ring (bicyclic) bond motifs is 1. The lowest BCUT2D eigenvalue weighted by atomic mass is 9.87. The van der Waals surface area contributed by atoms with Crippen LogP contribution in [0.2, 0.25) is 5.02 Å². The zero-order valence-electron chi connectivity index (χ0n) is 17.0. The number of hydrogen-bond donors (Lipinski definition) is 2. The SMILES string of the molecule is CC[C@]1(c2cccc(Cl)c2)NC(=O)N(C[C@@H](O)COc2cccc3ccccc23)C1=O. The molecule has 7 heteroatoms. The second-order valence-electron chi connectivity index (χ2n) is 7.56. The number of aliphatic hydroxyl groups is 1. The van der Waals surface area contributed by atoms with Crippen molar-refractivity contribution in [1.29, 1.82) is 0 Å². The average Bonchev–Trinajstić information content (AvgIpc) is 3.02. The maximum absolute atomic E-state index is 13.2. The molecule has 3 amide bonds. The minimum Gasteiger partial charge on any atom is -0.490 e. The molecule has 1 aliphatic heterocycles. The molecule has 160 valence electrons. The van der Waals surface area contributed by atoms with Crippen LogP contribution in [0.4, 0.5) is 4.79 Å². The Balaban J connectivity index is 1.47. The van der Waals surface area contributed by atoms with E-state index < -0.39 is 23.6 Å². The van der Waals surface area contributed by atoms with Crippen molar-refractivity contribution in [3.63, 3.8) is 0 Å². The predicted molar refractivity (Wildman–Crippen MR) is 119 cm³/mol. The fourth-order valence-electron chi connectivity index (χ4n) is 3.96. The summed E-state index contributed by atoms with van der Waals surface area (Å²) in [6, 6.07) is 19.8. The van der Waals surface area contributed by atoms with Crippen molar-refractivity contribution in [2.45, 2.75) is 25.0 Å². The summed E-state index contributed by atoms with van der Waals surface area (Å²) in [5.41, 5.74) is -0.581. The van der Waals surface area contributed by atoms with Crippen LogP contribution in [0.5, 0.6) is 5.75 Å². The topological polar surface area (TPSA) is 78.9 Å². The number of rotatable bonds is 7. The molecular formula is C24H23ClN2O4. The highest BCUT2D eigenvalue weighted by Gasteiger charge is 2.51. The van der Waals surface area contributed by atoms with Crippen molar-refractivity contribution >= 4 is 34.3 Å². The molecule has 2 atom stereocenters. The number of nitrogens with zero attached hydrogens (tertiary/aromatic N) is 1. The van der Waals surface area contributed by atoms with Crippen LogP contribution < -0.4 is 10.1 Å². The van der Waals surface area contributed by atoms with E-state index in [0.717, 1.165) is 15.7 Å². The van der Waals surface area contributed by atoms with Gasteiger partial charge in [-0.15, -0.1) is 0 Å². The van der Waals surface area contributed by atoms with Gasteiger partial charge in [-0.2, -0.15) is 0 Å². The van der Waals surface area contributed by atoms with E-state index in [9.17, 15) is 14.7 Å². The van der Waals surface area contributed by atoms with Gasteiger partial charge in [0, 0.05) is 10.4 Å². The summed E-state index contributed by atoms with van der Waals surface area (Å²) in [5, 5.41) is 15.7. The van der Waals surface area contributed by atoms with Crippen LogP contribution in [0.15, 0.2) is 66.7 Å². The van der Waals surface area contributed by atoms with Crippen LogP contribution in [0.25, 0.3) is 10.8 Å². The smallest absolute Gasteiger partial charge is 0.325 e. The van der Waals surface area contributed by atoms with E-state index in [1.165, 1.54) is 0 Å². The van der Waals surface area contributed by atoms with Gasteiger partial charge in [0.1, 0.15) is 24.0 Å². The Morgan fingerprint density at radius 3 is 2.61 bits per heavy atom. The lowest BCUT2D eigenvalue weighted by Crippen LogP contribution is -2.44. The number of hydrogen-bond acceptors (Lipinski definition) is 4. The predicted octanol–water partition coefficient (Wildman–Crippen LogP) is 4.09. The van der Waals surface area contributed by atoms with Crippen LogP contribution in [0.3, 0.4) is 0 Å². The average molecular weight is 439 g/mol. The Morgan fingerprint density at radius 1 is 1.10 bits per heavy atom. The molecule has 1 saturated heterocycles. The number of urea groups is 1. The number of β-amino-alcohol motifs (C(OH)–C–C–N with tert-alkyl or cyclic N) is 1. The van der Waals surface area contributed by atoms with Crippen LogP contribution in [-0.4, -0.2) is 41.2 Å². The van der Waals surface area contributed by atoms with E-state index in [2.05, 4.69) is 5.32 Å². The summed E-state index contributed by atoms with van der Waals surface area (Å²) < 4.78 is 5.80. The second kappa shape index (κ2) is 8.57. The van der Waals surface area contributed by atoms with Gasteiger partial charge in [-0.3, -0.25) is 9.69 Å². The zero-order chi connectivity index (χ0) is 22.0. The largest absolute Gasteiger partial charge is 0.490 e. The van der Waals surface area contributed by atoms with Crippen molar-refractivity contribution in [2.24, 2.45) is 0 Å². The molecule has 4 rings (SSSR count). The molecule has 0 spiro atoms. The quantitative estimate of drug-likeness (QED) is 0.544. The molecule has 1 heterocycles. The minimum absolute atomic E-state index is 0.0542. The molecule has 0 unspecified atom stereocenters. The lowest BCUT2D eigenvalue weighted by Gasteiger charge is -2.26. The van der Waals surface area contributed by atoms with Crippen molar-refractivity contribution in [3.05, 3.63) is 77.3 Å². The molecule has 2 N–H and O–H groups in total. The maximum Gasteiger partial charge on any atom is 0.325 e. The molecule has 0 bridgehead atoms. The molecule has 0 saturated carbocycles. The van der Waals surface area contributed by atoms with Crippen LogP contribution in [0.1, 0.15) is 18.9 Å². The molecule has 0 radical (unpaired) electrons. The highest BCUT2D eigenvalue weighted by atomic mass is 35.5. The summed E-state index contributed by atoms with van der Waals surface area (Å²) >= 11 is 6.09. The van der Waals surface area contributed by atoms with Gasteiger partial charge in [0.05, 0.1) is 6.54 Å². The Bertz CT molecular complexity index is 1130. The number of carbonyl (C=O) groups excluding carboxylic acids is 2. The fraction of sp³-hybridized carbons (Fsp3) is 0.250. The number of aliphatic hydroxyl groups excluding tert-OH is 1. The van der Waals surface area contributed by atoms with E-state index in [0.29, 0.717) is 22.8 Å². The molecule has 1 aliphatic rings. The minimum atomic E-state index is -1.20. The Labute approximate surface area is 185 Å². The number of imide groups is 1. The molecule has 1 fully saturated rings. The van der Waals surface area contributed by atoms with Gasteiger partial charge in [0.2, 0.25) is 0 Å². The highest BCUT2D eigenvalue weighted by molar-refractivity contribution is 6.30. The number of amides is 3. The zero-order valence-corrected chi connectivity index (χ0v) is 17.8. The Morgan fingerprint density at radius 2 is 1.84 bits per heavy atom. The van der Waals surface area contributed by atoms with Gasteiger partial charge in [0.25, 0.3) is 5.91 Å². The molecular weight excluding hydrogens is 416 g/mol. The first-order valence-electron chi connectivity index (χ1n) is 10.1. The van der Waals surface area contributed by atoms with E-state index in [1.807, 2.05) is 49.4 Å². The van der Waals surface area contributed by atoms with Crippen LogP contribution >= 0.6 is 11.6 Å². The van der Waals surface area contributed by atoms with Crippen LogP contribution in [0, 0.1) is 0 Å². The Kier molecular flexibility index (Phi) is 5.85. The van der Waals surface area contributed by atoms with Gasteiger partial charge < -0.3 is 15.2 Å².